The summed E-state index contributed by atoms with van der Waals surface area (Å²) in [6.07, 6.45) is -3.64. The number of nitrogens with zero attached hydrogens (tertiary/aromatic N) is 3. The van der Waals surface area contributed by atoms with Gasteiger partial charge in [-0.2, -0.15) is 31.9 Å². The number of carboxylic acid groups (broad SMARTS) is 1. The Kier molecular flexibility index (Phi) is 12.8. The van der Waals surface area contributed by atoms with Crippen molar-refractivity contribution in [3.05, 3.63) is 91.9 Å². The fourth-order valence-corrected chi connectivity index (χ4v) is 5.88. The van der Waals surface area contributed by atoms with Crippen LogP contribution >= 0.6 is 13.5 Å². The predicted octanol–water partition coefficient (Wildman–Crippen LogP) is 6.58. The lowest BCUT2D eigenvalue weighted by atomic mass is 9.91. The van der Waals surface area contributed by atoms with Gasteiger partial charge in [-0.25, -0.2) is 8.78 Å². The molecule has 1 aliphatic heterocycles. The highest BCUT2D eigenvalue weighted by atomic mass is 32.1. The van der Waals surface area contributed by atoms with E-state index < -0.39 is 59.3 Å². The Morgan fingerprint density at radius 3 is 2.29 bits per heavy atom. The van der Waals surface area contributed by atoms with Gasteiger partial charge in [0.25, 0.3) is 5.56 Å². The summed E-state index contributed by atoms with van der Waals surface area (Å²) in [4.78, 5) is 41.1. The van der Waals surface area contributed by atoms with E-state index in [0.29, 0.717) is 12.6 Å². The minimum Gasteiger partial charge on any atom is -0.481 e. The Balaban J connectivity index is 0.00000650. The summed E-state index contributed by atoms with van der Waals surface area (Å²) in [5, 5.41) is 22.0. The molecule has 4 rings (SSSR count). The lowest BCUT2D eigenvalue weighted by Gasteiger charge is -2.31. The first-order valence-corrected chi connectivity index (χ1v) is 15.6. The van der Waals surface area contributed by atoms with Crippen LogP contribution in [0.3, 0.4) is 0 Å². The van der Waals surface area contributed by atoms with Gasteiger partial charge in [-0.15, -0.1) is 0 Å². The minimum absolute atomic E-state index is 0. The van der Waals surface area contributed by atoms with Gasteiger partial charge < -0.3 is 19.9 Å². The van der Waals surface area contributed by atoms with Crippen LogP contribution in [0.5, 0.6) is 0 Å². The average molecular weight is 707 g/mol. The van der Waals surface area contributed by atoms with E-state index in [1.165, 1.54) is 32.0 Å². The number of carbonyl (C=O) groups excluding carboxylic acids is 1. The number of nitrogens with one attached hydrogen (secondary N) is 1. The largest absolute Gasteiger partial charge is 0.481 e. The lowest BCUT2D eigenvalue weighted by molar-refractivity contribution is -0.139. The molecule has 2 atom stereocenters. The van der Waals surface area contributed by atoms with Gasteiger partial charge in [0.05, 0.1) is 29.7 Å². The number of halogens is 5. The highest BCUT2D eigenvalue weighted by molar-refractivity contribution is 7.59. The van der Waals surface area contributed by atoms with Crippen molar-refractivity contribution in [3.8, 4) is 17.2 Å². The molecule has 0 radical (unpaired) electrons. The normalized spacial score (nSPS) is 14.4. The molecule has 1 saturated heterocycles. The van der Waals surface area contributed by atoms with Gasteiger partial charge >= 0.3 is 12.1 Å². The SMILES string of the molecule is Cc1cc(C#N)c(-c2cc(C)c(F)c([C@H](CC(=O)O)NC(=O)C(CC(C)C)n3cc(CCN4CCC4)c(C(F)(F)F)cc3=O)c2)cc1F.S. The van der Waals surface area contributed by atoms with E-state index in [9.17, 15) is 42.3 Å². The van der Waals surface area contributed by atoms with Gasteiger partial charge in [-0.3, -0.25) is 14.4 Å². The van der Waals surface area contributed by atoms with Crippen LogP contribution in [0, 0.1) is 42.7 Å². The van der Waals surface area contributed by atoms with Gasteiger partial charge in [-0.05, 0) is 98.6 Å². The number of aliphatic carboxylic acids is 1. The van der Waals surface area contributed by atoms with Gasteiger partial charge in [0.2, 0.25) is 5.91 Å². The number of hydrogen-bond acceptors (Lipinski definition) is 5. The van der Waals surface area contributed by atoms with Crippen molar-refractivity contribution >= 4 is 25.4 Å². The molecule has 2 heterocycles. The van der Waals surface area contributed by atoms with Gasteiger partial charge in [0, 0.05) is 29.9 Å². The summed E-state index contributed by atoms with van der Waals surface area (Å²) in [5.74, 6) is -4.00. The topological polar surface area (TPSA) is 115 Å². The number of likely N-dealkylation sites (tertiary alicyclic amines) is 1. The van der Waals surface area contributed by atoms with Gasteiger partial charge in [0.15, 0.2) is 0 Å². The Morgan fingerprint density at radius 2 is 1.73 bits per heavy atom. The summed E-state index contributed by atoms with van der Waals surface area (Å²) < 4.78 is 73.1. The van der Waals surface area contributed by atoms with Crippen molar-refractivity contribution in [3.63, 3.8) is 0 Å². The summed E-state index contributed by atoms with van der Waals surface area (Å²) in [6.45, 7) is 8.19. The summed E-state index contributed by atoms with van der Waals surface area (Å²) in [7, 11) is 0. The molecular weight excluding hydrogens is 667 g/mol. The molecule has 1 aliphatic rings. The number of benzene rings is 2. The third-order valence-electron chi connectivity index (χ3n) is 8.53. The molecule has 2 N–H and O–H groups in total. The number of carbonyl (C=O) groups is 2. The molecule has 3 aromatic rings. The van der Waals surface area contributed by atoms with E-state index in [2.05, 4.69) is 5.32 Å². The number of amides is 1. The van der Waals surface area contributed by atoms with Crippen LogP contribution in [0.25, 0.3) is 11.1 Å². The molecule has 0 bridgehead atoms. The predicted molar refractivity (Wildman–Crippen MR) is 178 cm³/mol. The highest BCUT2D eigenvalue weighted by Crippen LogP contribution is 2.34. The van der Waals surface area contributed by atoms with E-state index >= 15 is 4.39 Å². The van der Waals surface area contributed by atoms with E-state index in [0.717, 1.165) is 36.3 Å². The smallest absolute Gasteiger partial charge is 0.416 e. The summed E-state index contributed by atoms with van der Waals surface area (Å²) >= 11 is 0. The second-order valence-corrected chi connectivity index (χ2v) is 12.7. The van der Waals surface area contributed by atoms with Crippen LogP contribution in [-0.4, -0.2) is 46.1 Å². The number of alkyl halides is 3. The molecule has 1 aromatic heterocycles. The molecule has 14 heteroatoms. The number of hydrogen-bond donors (Lipinski definition) is 2. The highest BCUT2D eigenvalue weighted by Gasteiger charge is 2.36. The lowest BCUT2D eigenvalue weighted by Crippen LogP contribution is -2.41. The first-order valence-electron chi connectivity index (χ1n) is 15.6. The number of aryl methyl sites for hydroxylation is 2. The first kappa shape index (κ1) is 39.2. The van der Waals surface area contributed by atoms with Crippen LogP contribution < -0.4 is 10.9 Å². The molecule has 264 valence electrons. The molecule has 2 aromatic carbocycles. The van der Waals surface area contributed by atoms with Crippen molar-refractivity contribution in [1.82, 2.24) is 14.8 Å². The number of pyridine rings is 1. The van der Waals surface area contributed by atoms with Gasteiger partial charge in [-0.1, -0.05) is 13.8 Å². The average Bonchev–Trinajstić information content (AvgIpc) is 2.97. The molecule has 0 aliphatic carbocycles. The zero-order valence-corrected chi connectivity index (χ0v) is 28.5. The minimum atomic E-state index is -4.81. The molecule has 0 spiro atoms. The fourth-order valence-electron chi connectivity index (χ4n) is 5.88. The van der Waals surface area contributed by atoms with Crippen LogP contribution in [0.4, 0.5) is 22.0 Å². The quantitative estimate of drug-likeness (QED) is 0.206. The maximum absolute atomic E-state index is 15.7. The zero-order valence-electron chi connectivity index (χ0n) is 27.5. The number of rotatable bonds is 12. The molecule has 49 heavy (non-hydrogen) atoms. The van der Waals surface area contributed by atoms with Crippen LogP contribution in [0.2, 0.25) is 0 Å². The third kappa shape index (κ3) is 9.27. The van der Waals surface area contributed by atoms with Crippen molar-refractivity contribution in [2.24, 2.45) is 5.92 Å². The van der Waals surface area contributed by atoms with E-state index in [1.807, 2.05) is 11.0 Å². The summed E-state index contributed by atoms with van der Waals surface area (Å²) in [5.41, 5.74) is -1.91. The second kappa shape index (κ2) is 16.0. The van der Waals surface area contributed by atoms with Crippen molar-refractivity contribution in [2.45, 2.75) is 71.6 Å². The maximum atomic E-state index is 15.7. The third-order valence-corrected chi connectivity index (χ3v) is 8.53. The Hall–Kier alpha value is -4.22. The number of aromatic nitrogens is 1. The van der Waals surface area contributed by atoms with Crippen molar-refractivity contribution in [1.29, 1.82) is 5.26 Å². The molecule has 1 fully saturated rings. The zero-order chi connectivity index (χ0) is 35.5. The maximum Gasteiger partial charge on any atom is 0.416 e. The standard InChI is InChI=1S/C35H37F5N4O4.H2S/c1-19(2)10-30(44-18-22(6-9-43-7-5-8-43)27(15-31(44)45)35(38,39)40)34(48)42-29(16-32(46)47)26-13-23(12-21(4)33(26)37)25-14-28(36)20(3)11-24(25)17-41;/h11-15,18-19,29-30H,5-10,16H2,1-4H3,(H,42,48)(H,46,47);1H2/t29-,30?;/m0./s1. The van der Waals surface area contributed by atoms with Crippen LogP contribution in [0.15, 0.2) is 41.3 Å². The summed E-state index contributed by atoms with van der Waals surface area (Å²) in [6, 6.07) is 4.64. The molecule has 8 nitrogen and oxygen atoms in total. The van der Waals surface area contributed by atoms with Crippen LogP contribution in [-0.2, 0) is 22.2 Å². The Bertz CT molecular complexity index is 1820. The van der Waals surface area contributed by atoms with Crippen LogP contribution in [0.1, 0.15) is 78.6 Å². The Labute approximate surface area is 288 Å². The molecule has 1 amide bonds. The molecule has 0 saturated carbocycles. The number of carboxylic acids is 1. The fraction of sp³-hybridized carbons (Fsp3) is 0.429. The van der Waals surface area contributed by atoms with E-state index in [-0.39, 0.29) is 71.2 Å². The monoisotopic (exact) mass is 706 g/mol. The molecular formula is C35H39F5N4O4S. The van der Waals surface area contributed by atoms with Crippen molar-refractivity contribution in [2.75, 3.05) is 19.6 Å². The van der Waals surface area contributed by atoms with E-state index in [4.69, 9.17) is 0 Å². The second-order valence-electron chi connectivity index (χ2n) is 12.7. The Morgan fingerprint density at radius 1 is 1.06 bits per heavy atom. The van der Waals surface area contributed by atoms with Crippen molar-refractivity contribution < 1.29 is 36.6 Å². The van der Waals surface area contributed by atoms with Gasteiger partial charge in [0.1, 0.15) is 17.7 Å². The first-order chi connectivity index (χ1) is 22.5. The van der Waals surface area contributed by atoms with E-state index in [1.54, 1.807) is 13.8 Å². The number of nitriles is 1. The molecule has 1 unspecified atom stereocenters.